The first-order chi connectivity index (χ1) is 11.4. The monoisotopic (exact) mass is 742 g/mol. The van der Waals surface area contributed by atoms with Gasteiger partial charge in [0, 0.05) is 16.4 Å². The number of nitrogen functional groups attached to an aromatic ring is 2. The van der Waals surface area contributed by atoms with E-state index in [1.807, 2.05) is 67.8 Å². The molecule has 0 aromatic heterocycles. The van der Waals surface area contributed by atoms with E-state index < -0.39 is 20.0 Å². The van der Waals surface area contributed by atoms with Crippen LogP contribution in [0.25, 0.3) is 4.83 Å². The third kappa shape index (κ3) is 6.02. The molecule has 0 aliphatic heterocycles. The summed E-state index contributed by atoms with van der Waals surface area (Å²) in [6, 6.07) is 6.62. The zero-order valence-electron chi connectivity index (χ0n) is 13.1. The molecule has 8 nitrogen and oxygen atoms in total. The van der Waals surface area contributed by atoms with Crippen LogP contribution in [0.5, 0.6) is 0 Å². The Labute approximate surface area is 214 Å². The molecule has 2 rings (SSSR count). The molecule has 26 heavy (non-hydrogen) atoms. The molecule has 0 amide bonds. The molecule has 136 valence electrons. The topological polar surface area (TPSA) is 146 Å². The number of nitrogens with one attached hydrogen (secondary N) is 1. The molecule has 2 aromatic carbocycles. The minimum atomic E-state index is -4.24. The number of sulfonamides is 2. The summed E-state index contributed by atoms with van der Waals surface area (Å²) in [7, 11) is -8.39. The number of halogens is 3. The van der Waals surface area contributed by atoms with Crippen molar-refractivity contribution < 1.29 is 46.4 Å². The second-order valence-corrected chi connectivity index (χ2v) is 11.4. The third-order valence-electron chi connectivity index (χ3n) is 2.91. The summed E-state index contributed by atoms with van der Waals surface area (Å²) in [4.78, 5) is 4.63. The van der Waals surface area contributed by atoms with Crippen molar-refractivity contribution in [3.63, 3.8) is 0 Å². The average molecular weight is 742 g/mol. The van der Waals surface area contributed by atoms with Gasteiger partial charge in [-0.3, -0.25) is 4.83 Å². The van der Waals surface area contributed by atoms with Gasteiger partial charge in [0.15, 0.2) is 0 Å². The fraction of sp³-hybridized carbons (Fsp3) is 0. The van der Waals surface area contributed by atoms with Crippen molar-refractivity contribution in [3.05, 3.63) is 45.9 Å². The SMILES string of the molecule is Nc1ccc(S(=O)(=O)N[N-]S(=O)(=O)c2cc(I)c(N)c(I)c2)cc1I.[Na+]. The zero-order valence-corrected chi connectivity index (χ0v) is 23.2. The van der Waals surface area contributed by atoms with E-state index in [1.54, 1.807) is 4.83 Å². The molecule has 0 saturated heterocycles. The van der Waals surface area contributed by atoms with Gasteiger partial charge in [0.05, 0.1) is 15.5 Å². The normalized spacial score (nSPS) is 11.8. The van der Waals surface area contributed by atoms with Crippen molar-refractivity contribution in [2.24, 2.45) is 0 Å². The van der Waals surface area contributed by atoms with Crippen LogP contribution in [0.15, 0.2) is 40.1 Å². The molecule has 0 aliphatic carbocycles. The van der Waals surface area contributed by atoms with Crippen LogP contribution in [0.3, 0.4) is 0 Å². The first-order valence-electron chi connectivity index (χ1n) is 6.22. The van der Waals surface area contributed by atoms with Gasteiger partial charge >= 0.3 is 29.6 Å². The summed E-state index contributed by atoms with van der Waals surface area (Å²) in [5, 5.41) is 0. The van der Waals surface area contributed by atoms with Gasteiger partial charge in [-0.05, 0) is 98.1 Å². The fourth-order valence-corrected chi connectivity index (χ4v) is 6.56. The molecule has 14 heteroatoms. The minimum Gasteiger partial charge on any atom is -0.465 e. The molecular weight excluding hydrogens is 732 g/mol. The Balaban J connectivity index is 0.00000338. The summed E-state index contributed by atoms with van der Waals surface area (Å²) in [5.74, 6) is 0. The molecule has 0 unspecified atom stereocenters. The molecule has 0 aliphatic rings. The van der Waals surface area contributed by atoms with Crippen molar-refractivity contribution in [1.82, 2.24) is 4.83 Å². The number of nitrogens with zero attached hydrogens (tertiary/aromatic N) is 1. The summed E-state index contributed by atoms with van der Waals surface area (Å²) in [6.45, 7) is 0. The third-order valence-corrected chi connectivity index (χ3v) is 8.11. The number of benzene rings is 2. The van der Waals surface area contributed by atoms with Gasteiger partial charge in [-0.1, -0.05) is 0 Å². The number of rotatable bonds is 5. The Hall–Kier alpha value is 1.05. The second-order valence-electron chi connectivity index (χ2n) is 4.64. The van der Waals surface area contributed by atoms with E-state index in [0.717, 1.165) is 0 Å². The maximum Gasteiger partial charge on any atom is 1.00 e. The molecule has 0 saturated carbocycles. The maximum atomic E-state index is 12.3. The molecule has 0 atom stereocenters. The van der Waals surface area contributed by atoms with Crippen LogP contribution >= 0.6 is 67.8 Å². The first kappa shape index (κ1) is 25.1. The number of nitrogens with two attached hydrogens (primary N) is 2. The minimum absolute atomic E-state index is 0. The van der Waals surface area contributed by atoms with E-state index in [9.17, 15) is 16.8 Å². The van der Waals surface area contributed by atoms with Crippen molar-refractivity contribution in [2.75, 3.05) is 11.5 Å². The Kier molecular flexibility index (Phi) is 9.36. The molecule has 5 N–H and O–H groups in total. The second kappa shape index (κ2) is 9.70. The van der Waals surface area contributed by atoms with E-state index in [0.29, 0.717) is 22.1 Å². The Morgan fingerprint density at radius 2 is 1.35 bits per heavy atom. The standard InChI is InChI=1S/C12H10I3N4O4S2.Na/c13-8-3-6(1-2-11(8)16)24(20,21)18-19-25(22,23)7-4-9(14)12(17)10(15)5-7;/h1-5,18H,16-17H2;/q-1;+1. The Morgan fingerprint density at radius 3 is 1.85 bits per heavy atom. The summed E-state index contributed by atoms with van der Waals surface area (Å²) in [5.41, 5.74) is 12.3. The Bertz CT molecular complexity index is 1030. The molecular formula is C12H10I3N4NaO4S2. The van der Waals surface area contributed by atoms with Gasteiger partial charge in [0.2, 0.25) is 10.0 Å². The number of hydrogen-bond acceptors (Lipinski definition) is 6. The van der Waals surface area contributed by atoms with Gasteiger partial charge in [-0.25, -0.2) is 16.8 Å². The number of anilines is 2. The predicted molar refractivity (Wildman–Crippen MR) is 121 cm³/mol. The first-order valence-corrected chi connectivity index (χ1v) is 12.4. The maximum absolute atomic E-state index is 12.3. The van der Waals surface area contributed by atoms with E-state index in [-0.39, 0.29) is 39.3 Å². The predicted octanol–water partition coefficient (Wildman–Crippen LogP) is -0.375. The molecule has 0 spiro atoms. The van der Waals surface area contributed by atoms with E-state index in [2.05, 4.69) is 4.83 Å². The van der Waals surface area contributed by atoms with E-state index in [4.69, 9.17) is 11.5 Å². The van der Waals surface area contributed by atoms with Gasteiger partial charge in [0.1, 0.15) is 10.0 Å². The largest absolute Gasteiger partial charge is 1.00 e. The van der Waals surface area contributed by atoms with Crippen LogP contribution < -0.4 is 45.9 Å². The molecule has 0 bridgehead atoms. The van der Waals surface area contributed by atoms with Gasteiger partial charge < -0.3 is 16.3 Å². The van der Waals surface area contributed by atoms with Crippen LogP contribution in [0, 0.1) is 10.7 Å². The van der Waals surface area contributed by atoms with Crippen molar-refractivity contribution in [1.29, 1.82) is 0 Å². The van der Waals surface area contributed by atoms with Crippen LogP contribution in [0.2, 0.25) is 0 Å². The van der Waals surface area contributed by atoms with E-state index in [1.165, 1.54) is 30.3 Å². The van der Waals surface area contributed by atoms with Crippen LogP contribution in [0.1, 0.15) is 0 Å². The average Bonchev–Trinajstić information content (AvgIpc) is 2.53. The summed E-state index contributed by atoms with van der Waals surface area (Å²) >= 11 is 5.65. The molecule has 0 radical (unpaired) electrons. The molecule has 2 aromatic rings. The zero-order chi connectivity index (χ0) is 19.0. The molecule has 0 fully saturated rings. The quantitative estimate of drug-likeness (QED) is 0.165. The van der Waals surface area contributed by atoms with Crippen LogP contribution in [-0.2, 0) is 20.0 Å². The smallest absolute Gasteiger partial charge is 0.465 e. The Morgan fingerprint density at radius 1 is 0.846 bits per heavy atom. The van der Waals surface area contributed by atoms with Gasteiger partial charge in [0.25, 0.3) is 0 Å². The van der Waals surface area contributed by atoms with E-state index >= 15 is 0 Å². The summed E-state index contributed by atoms with van der Waals surface area (Å²) < 4.78 is 50.6. The van der Waals surface area contributed by atoms with Crippen LogP contribution in [0.4, 0.5) is 11.4 Å². The van der Waals surface area contributed by atoms with Gasteiger partial charge in [-0.15, -0.1) is 0 Å². The van der Waals surface area contributed by atoms with Crippen LogP contribution in [-0.4, -0.2) is 16.8 Å². The van der Waals surface area contributed by atoms with Crippen molar-refractivity contribution in [3.8, 4) is 0 Å². The fourth-order valence-electron chi connectivity index (χ4n) is 1.59. The van der Waals surface area contributed by atoms with Crippen molar-refractivity contribution in [2.45, 2.75) is 9.79 Å². The molecule has 0 heterocycles. The number of hydrogen-bond donors (Lipinski definition) is 3. The van der Waals surface area contributed by atoms with Gasteiger partial charge in [-0.2, -0.15) is 0 Å². The van der Waals surface area contributed by atoms with Crippen molar-refractivity contribution >= 4 is 99.2 Å². The summed E-state index contributed by atoms with van der Waals surface area (Å²) in [6.07, 6.45) is 0.